The van der Waals surface area contributed by atoms with Crippen LogP contribution in [0.4, 0.5) is 0 Å². The van der Waals surface area contributed by atoms with Crippen LogP contribution in [-0.4, -0.2) is 63.2 Å². The van der Waals surface area contributed by atoms with Gasteiger partial charge >= 0.3 is 5.97 Å². The third-order valence-corrected chi connectivity index (χ3v) is 4.82. The number of nitrogens with one attached hydrogen (secondary N) is 1. The first-order chi connectivity index (χ1) is 15.8. The van der Waals surface area contributed by atoms with E-state index in [2.05, 4.69) is 5.32 Å². The van der Waals surface area contributed by atoms with Gasteiger partial charge in [0.05, 0.1) is 21.3 Å². The number of ether oxygens (including phenoxy) is 4. The van der Waals surface area contributed by atoms with E-state index in [4.69, 9.17) is 18.9 Å². The van der Waals surface area contributed by atoms with E-state index in [1.54, 1.807) is 4.90 Å². The molecule has 178 valence electrons. The van der Waals surface area contributed by atoms with Crippen LogP contribution in [0.5, 0.6) is 17.2 Å². The molecule has 2 aromatic rings. The Morgan fingerprint density at radius 2 is 1.55 bits per heavy atom. The zero-order valence-electron chi connectivity index (χ0n) is 19.5. The smallest absolute Gasteiger partial charge is 0.325 e. The minimum atomic E-state index is -0.729. The van der Waals surface area contributed by atoms with E-state index >= 15 is 0 Å². The summed E-state index contributed by atoms with van der Waals surface area (Å²) in [6.45, 7) is 3.38. The minimum Gasteiger partial charge on any atom is -0.493 e. The summed E-state index contributed by atoms with van der Waals surface area (Å²) >= 11 is 0. The Hall–Kier alpha value is -3.75. The van der Waals surface area contributed by atoms with E-state index in [9.17, 15) is 14.4 Å². The van der Waals surface area contributed by atoms with Gasteiger partial charge in [-0.2, -0.15) is 0 Å². The molecule has 0 aliphatic rings. The molecule has 2 rings (SSSR count). The van der Waals surface area contributed by atoms with E-state index in [0.717, 1.165) is 5.56 Å². The fourth-order valence-corrected chi connectivity index (χ4v) is 3.08. The number of hydrogen-bond acceptors (Lipinski definition) is 7. The highest BCUT2D eigenvalue weighted by Crippen LogP contribution is 2.38. The maximum absolute atomic E-state index is 12.6. The zero-order valence-corrected chi connectivity index (χ0v) is 19.5. The topological polar surface area (TPSA) is 103 Å². The van der Waals surface area contributed by atoms with Gasteiger partial charge < -0.3 is 29.2 Å². The SMILES string of the molecule is COc1cc(C(=O)NCC(=O)OCC(=O)N(Cc2ccccc2)C(C)C)cc(OC)c1OC. The molecule has 0 saturated heterocycles. The normalized spacial score (nSPS) is 10.4. The molecule has 9 nitrogen and oxygen atoms in total. The van der Waals surface area contributed by atoms with Crippen molar-refractivity contribution in [1.29, 1.82) is 0 Å². The van der Waals surface area contributed by atoms with Crippen molar-refractivity contribution in [2.24, 2.45) is 0 Å². The van der Waals surface area contributed by atoms with Crippen LogP contribution < -0.4 is 19.5 Å². The number of esters is 1. The first kappa shape index (κ1) is 25.5. The average Bonchev–Trinajstić information content (AvgIpc) is 2.83. The second-order valence-corrected chi connectivity index (χ2v) is 7.36. The van der Waals surface area contributed by atoms with Gasteiger partial charge in [-0.05, 0) is 31.5 Å². The Bertz CT molecular complexity index is 936. The van der Waals surface area contributed by atoms with Gasteiger partial charge in [-0.15, -0.1) is 0 Å². The molecule has 0 saturated carbocycles. The number of benzene rings is 2. The molecule has 2 amide bonds. The molecule has 0 aliphatic heterocycles. The van der Waals surface area contributed by atoms with E-state index in [-0.39, 0.29) is 17.5 Å². The molecule has 2 aromatic carbocycles. The Kier molecular flexibility index (Phi) is 9.53. The van der Waals surface area contributed by atoms with Gasteiger partial charge in [-0.3, -0.25) is 14.4 Å². The van der Waals surface area contributed by atoms with Gasteiger partial charge in [-0.25, -0.2) is 0 Å². The number of hydrogen-bond donors (Lipinski definition) is 1. The van der Waals surface area contributed by atoms with Gasteiger partial charge in [0.1, 0.15) is 6.54 Å². The standard InChI is InChI=1S/C24H30N2O7/c1-16(2)26(14-17-9-7-6-8-10-17)21(27)15-33-22(28)13-25-24(29)18-11-19(30-3)23(32-5)20(12-18)31-4/h6-12,16H,13-15H2,1-5H3,(H,25,29). The molecule has 0 aliphatic carbocycles. The van der Waals surface area contributed by atoms with Gasteiger partial charge in [0.25, 0.3) is 11.8 Å². The van der Waals surface area contributed by atoms with Gasteiger partial charge in [0, 0.05) is 18.2 Å². The fourth-order valence-electron chi connectivity index (χ4n) is 3.08. The summed E-state index contributed by atoms with van der Waals surface area (Å²) in [4.78, 5) is 38.8. The monoisotopic (exact) mass is 458 g/mol. The lowest BCUT2D eigenvalue weighted by atomic mass is 10.1. The van der Waals surface area contributed by atoms with Gasteiger partial charge in [-0.1, -0.05) is 30.3 Å². The molecule has 33 heavy (non-hydrogen) atoms. The summed E-state index contributed by atoms with van der Waals surface area (Å²) in [6, 6.07) is 12.4. The van der Waals surface area contributed by atoms with Crippen LogP contribution in [0, 0.1) is 0 Å². The van der Waals surface area contributed by atoms with Crippen LogP contribution in [0.3, 0.4) is 0 Å². The van der Waals surface area contributed by atoms with Crippen LogP contribution in [0.2, 0.25) is 0 Å². The van der Waals surface area contributed by atoms with Crippen molar-refractivity contribution in [3.63, 3.8) is 0 Å². The van der Waals surface area contributed by atoms with Crippen LogP contribution in [-0.2, 0) is 20.9 Å². The highest BCUT2D eigenvalue weighted by atomic mass is 16.5. The number of nitrogens with zero attached hydrogens (tertiary/aromatic N) is 1. The summed E-state index contributed by atoms with van der Waals surface area (Å²) in [5.41, 5.74) is 1.19. The van der Waals surface area contributed by atoms with Crippen molar-refractivity contribution in [3.05, 3.63) is 53.6 Å². The molecule has 0 fully saturated rings. The van der Waals surface area contributed by atoms with E-state index in [0.29, 0.717) is 23.8 Å². The summed E-state index contributed by atoms with van der Waals surface area (Å²) in [7, 11) is 4.33. The summed E-state index contributed by atoms with van der Waals surface area (Å²) in [6.07, 6.45) is 0. The minimum absolute atomic E-state index is 0.0730. The number of carbonyl (C=O) groups excluding carboxylic acids is 3. The van der Waals surface area contributed by atoms with Crippen LogP contribution >= 0.6 is 0 Å². The van der Waals surface area contributed by atoms with Crippen LogP contribution in [0.25, 0.3) is 0 Å². The number of amides is 2. The Morgan fingerprint density at radius 3 is 2.06 bits per heavy atom. The Balaban J connectivity index is 1.91. The summed E-state index contributed by atoms with van der Waals surface area (Å²) in [5.74, 6) is -0.624. The van der Waals surface area contributed by atoms with Gasteiger partial charge in [0.2, 0.25) is 5.75 Å². The molecular formula is C24H30N2O7. The summed E-state index contributed by atoms with van der Waals surface area (Å²) < 4.78 is 20.7. The molecule has 9 heteroatoms. The van der Waals surface area contributed by atoms with Gasteiger partial charge in [0.15, 0.2) is 18.1 Å². The molecule has 0 radical (unpaired) electrons. The zero-order chi connectivity index (χ0) is 24.4. The van der Waals surface area contributed by atoms with E-state index < -0.39 is 25.0 Å². The lowest BCUT2D eigenvalue weighted by Gasteiger charge is -2.26. The molecule has 0 spiro atoms. The third kappa shape index (κ3) is 7.13. The molecule has 0 atom stereocenters. The molecule has 0 heterocycles. The Morgan fingerprint density at radius 1 is 0.939 bits per heavy atom. The second-order valence-electron chi connectivity index (χ2n) is 7.36. The van der Waals surface area contributed by atoms with Crippen molar-refractivity contribution >= 4 is 17.8 Å². The lowest BCUT2D eigenvalue weighted by molar-refractivity contribution is -0.152. The quantitative estimate of drug-likeness (QED) is 0.516. The third-order valence-electron chi connectivity index (χ3n) is 4.82. The number of carbonyl (C=O) groups is 3. The van der Waals surface area contributed by atoms with Crippen LogP contribution in [0.15, 0.2) is 42.5 Å². The molecule has 1 N–H and O–H groups in total. The highest BCUT2D eigenvalue weighted by Gasteiger charge is 2.20. The van der Waals surface area contributed by atoms with Crippen molar-refractivity contribution in [2.75, 3.05) is 34.5 Å². The molecule has 0 aromatic heterocycles. The highest BCUT2D eigenvalue weighted by molar-refractivity contribution is 5.97. The lowest BCUT2D eigenvalue weighted by Crippen LogP contribution is -2.40. The maximum atomic E-state index is 12.6. The van der Waals surface area contributed by atoms with Crippen LogP contribution in [0.1, 0.15) is 29.8 Å². The largest absolute Gasteiger partial charge is 0.493 e. The first-order valence-electron chi connectivity index (χ1n) is 10.4. The summed E-state index contributed by atoms with van der Waals surface area (Å²) in [5, 5.41) is 2.46. The second kappa shape index (κ2) is 12.3. The molecular weight excluding hydrogens is 428 g/mol. The predicted octanol–water partition coefficient (Wildman–Crippen LogP) is 2.42. The van der Waals surface area contributed by atoms with Crippen molar-refractivity contribution in [2.45, 2.75) is 26.4 Å². The predicted molar refractivity (Wildman–Crippen MR) is 122 cm³/mol. The average molecular weight is 459 g/mol. The fraction of sp³-hybridized carbons (Fsp3) is 0.375. The Labute approximate surface area is 193 Å². The van der Waals surface area contributed by atoms with E-state index in [1.165, 1.54) is 33.5 Å². The maximum Gasteiger partial charge on any atom is 0.325 e. The number of methoxy groups -OCH3 is 3. The molecule has 0 unspecified atom stereocenters. The first-order valence-corrected chi connectivity index (χ1v) is 10.4. The van der Waals surface area contributed by atoms with E-state index in [1.807, 2.05) is 44.2 Å². The van der Waals surface area contributed by atoms with Crippen molar-refractivity contribution in [3.8, 4) is 17.2 Å². The molecule has 0 bridgehead atoms. The number of rotatable bonds is 11. The van der Waals surface area contributed by atoms with Crippen molar-refractivity contribution in [1.82, 2.24) is 10.2 Å². The van der Waals surface area contributed by atoms with Crippen molar-refractivity contribution < 1.29 is 33.3 Å².